The molecule has 0 aliphatic carbocycles. The average molecular weight is 252 g/mol. The van der Waals surface area contributed by atoms with Crippen molar-refractivity contribution in [3.8, 4) is 0 Å². The van der Waals surface area contributed by atoms with Crippen LogP contribution in [0.5, 0.6) is 0 Å². The van der Waals surface area contributed by atoms with E-state index in [0.717, 1.165) is 24.2 Å². The number of hydrogen-bond donors (Lipinski definition) is 2. The third-order valence-corrected chi connectivity index (χ3v) is 3.47. The maximum absolute atomic E-state index is 12.1. The zero-order valence-electron chi connectivity index (χ0n) is 10.9. The van der Waals surface area contributed by atoms with E-state index in [1.165, 1.54) is 0 Å². The van der Waals surface area contributed by atoms with Crippen LogP contribution in [0.3, 0.4) is 0 Å². The van der Waals surface area contributed by atoms with E-state index in [4.69, 9.17) is 5.73 Å². The lowest BCUT2D eigenvalue weighted by atomic mass is 10.1. The van der Waals surface area contributed by atoms with E-state index >= 15 is 0 Å². The lowest BCUT2D eigenvalue weighted by molar-refractivity contribution is -0.135. The highest BCUT2D eigenvalue weighted by Gasteiger charge is 2.23. The molecule has 0 spiro atoms. The van der Waals surface area contributed by atoms with Crippen molar-refractivity contribution < 1.29 is 9.90 Å². The normalized spacial score (nSPS) is 20.2. The van der Waals surface area contributed by atoms with Gasteiger partial charge in [0.2, 0.25) is 5.91 Å². The standard InChI is InChI=1S/C12H20N4O2/c1-8-12(13)9(2)16(14-8)7-11(18)15-5-3-4-10(17)6-15/h10,17H,3-7,13H2,1-2H3/t10-/m0/s1. The zero-order chi connectivity index (χ0) is 13.3. The lowest BCUT2D eigenvalue weighted by Gasteiger charge is -2.30. The highest BCUT2D eigenvalue weighted by atomic mass is 16.3. The Morgan fingerprint density at radius 1 is 1.56 bits per heavy atom. The third-order valence-electron chi connectivity index (χ3n) is 3.47. The first-order valence-corrected chi connectivity index (χ1v) is 6.24. The maximum Gasteiger partial charge on any atom is 0.244 e. The molecule has 6 heteroatoms. The predicted octanol–water partition coefficient (Wildman–Crippen LogP) is 0.0654. The molecule has 0 aromatic carbocycles. The molecule has 1 atom stereocenters. The number of anilines is 1. The van der Waals surface area contributed by atoms with E-state index in [1.807, 2.05) is 13.8 Å². The fourth-order valence-corrected chi connectivity index (χ4v) is 2.27. The molecule has 3 N–H and O–H groups in total. The molecule has 18 heavy (non-hydrogen) atoms. The zero-order valence-corrected chi connectivity index (χ0v) is 10.9. The van der Waals surface area contributed by atoms with Crippen LogP contribution in [0.4, 0.5) is 5.69 Å². The summed E-state index contributed by atoms with van der Waals surface area (Å²) in [6, 6.07) is 0. The van der Waals surface area contributed by atoms with Gasteiger partial charge in [-0.15, -0.1) is 0 Å². The van der Waals surface area contributed by atoms with Crippen LogP contribution in [0.2, 0.25) is 0 Å². The third kappa shape index (κ3) is 2.48. The molecule has 2 rings (SSSR count). The van der Waals surface area contributed by atoms with Crippen LogP contribution in [0, 0.1) is 13.8 Å². The number of aryl methyl sites for hydroxylation is 1. The first-order chi connectivity index (χ1) is 8.49. The number of nitrogen functional groups attached to an aromatic ring is 1. The van der Waals surface area contributed by atoms with Crippen molar-refractivity contribution in [2.75, 3.05) is 18.8 Å². The van der Waals surface area contributed by atoms with Crippen LogP contribution >= 0.6 is 0 Å². The van der Waals surface area contributed by atoms with Crippen LogP contribution in [-0.2, 0) is 11.3 Å². The second kappa shape index (κ2) is 4.97. The molecule has 1 fully saturated rings. The number of carbonyl (C=O) groups excluding carboxylic acids is 1. The van der Waals surface area contributed by atoms with E-state index in [0.29, 0.717) is 18.8 Å². The summed E-state index contributed by atoms with van der Waals surface area (Å²) in [4.78, 5) is 13.8. The molecule has 100 valence electrons. The van der Waals surface area contributed by atoms with Gasteiger partial charge in [-0.1, -0.05) is 0 Å². The van der Waals surface area contributed by atoms with Crippen molar-refractivity contribution >= 4 is 11.6 Å². The fourth-order valence-electron chi connectivity index (χ4n) is 2.27. The Hall–Kier alpha value is -1.56. The summed E-state index contributed by atoms with van der Waals surface area (Å²) in [5.74, 6) is -0.0145. The fraction of sp³-hybridized carbons (Fsp3) is 0.667. The minimum atomic E-state index is -0.395. The number of amides is 1. The molecule has 0 bridgehead atoms. The van der Waals surface area contributed by atoms with Gasteiger partial charge in [0, 0.05) is 13.1 Å². The van der Waals surface area contributed by atoms with Crippen LogP contribution in [0.15, 0.2) is 0 Å². The molecule has 2 heterocycles. The second-order valence-corrected chi connectivity index (χ2v) is 4.88. The minimum absolute atomic E-state index is 0.0145. The Balaban J connectivity index is 2.04. The van der Waals surface area contributed by atoms with Crippen molar-refractivity contribution in [1.82, 2.24) is 14.7 Å². The summed E-state index contributed by atoms with van der Waals surface area (Å²) in [6.07, 6.45) is 1.23. The highest BCUT2D eigenvalue weighted by molar-refractivity contribution is 5.76. The second-order valence-electron chi connectivity index (χ2n) is 4.88. The van der Waals surface area contributed by atoms with Gasteiger partial charge in [-0.25, -0.2) is 0 Å². The van der Waals surface area contributed by atoms with Gasteiger partial charge in [0.15, 0.2) is 0 Å². The molecule has 0 saturated carbocycles. The Labute approximate surface area is 106 Å². The van der Waals surface area contributed by atoms with Gasteiger partial charge in [-0.2, -0.15) is 5.10 Å². The van der Waals surface area contributed by atoms with Crippen LogP contribution < -0.4 is 5.73 Å². The number of likely N-dealkylation sites (tertiary alicyclic amines) is 1. The molecule has 0 radical (unpaired) electrons. The number of nitrogens with zero attached hydrogens (tertiary/aromatic N) is 3. The van der Waals surface area contributed by atoms with Gasteiger partial charge >= 0.3 is 0 Å². The number of piperidine rings is 1. The number of carbonyl (C=O) groups is 1. The van der Waals surface area contributed by atoms with E-state index < -0.39 is 6.10 Å². The Morgan fingerprint density at radius 3 is 2.83 bits per heavy atom. The minimum Gasteiger partial charge on any atom is -0.396 e. The molecule has 0 unspecified atom stereocenters. The van der Waals surface area contributed by atoms with Crippen molar-refractivity contribution in [3.05, 3.63) is 11.4 Å². The van der Waals surface area contributed by atoms with E-state index in [1.54, 1.807) is 9.58 Å². The summed E-state index contributed by atoms with van der Waals surface area (Å²) in [5, 5.41) is 13.8. The van der Waals surface area contributed by atoms with Crippen molar-refractivity contribution in [2.24, 2.45) is 0 Å². The summed E-state index contributed by atoms with van der Waals surface area (Å²) in [7, 11) is 0. The van der Waals surface area contributed by atoms with Crippen LogP contribution in [-0.4, -0.2) is 44.9 Å². The lowest BCUT2D eigenvalue weighted by Crippen LogP contribution is -2.43. The Bertz CT molecular complexity index is 455. The van der Waals surface area contributed by atoms with Gasteiger partial charge in [-0.05, 0) is 26.7 Å². The van der Waals surface area contributed by atoms with Crippen LogP contribution in [0.1, 0.15) is 24.2 Å². The van der Waals surface area contributed by atoms with Gasteiger partial charge < -0.3 is 15.7 Å². The van der Waals surface area contributed by atoms with Gasteiger partial charge in [-0.3, -0.25) is 9.48 Å². The van der Waals surface area contributed by atoms with Gasteiger partial charge in [0.05, 0.1) is 23.2 Å². The molecule has 1 aromatic rings. The molecular formula is C12H20N4O2. The molecule has 1 aromatic heterocycles. The molecule has 1 saturated heterocycles. The topological polar surface area (TPSA) is 84.4 Å². The summed E-state index contributed by atoms with van der Waals surface area (Å²) >= 11 is 0. The molecule has 1 aliphatic rings. The van der Waals surface area contributed by atoms with E-state index in [-0.39, 0.29) is 12.5 Å². The highest BCUT2D eigenvalue weighted by Crippen LogP contribution is 2.16. The number of hydrogen-bond acceptors (Lipinski definition) is 4. The monoisotopic (exact) mass is 252 g/mol. The smallest absolute Gasteiger partial charge is 0.244 e. The summed E-state index contributed by atoms with van der Waals surface area (Å²) in [6.45, 7) is 5.01. The number of rotatable bonds is 2. The SMILES string of the molecule is Cc1nn(CC(=O)N2CCC[C@H](O)C2)c(C)c1N. The molecule has 1 amide bonds. The number of aliphatic hydroxyl groups is 1. The van der Waals surface area contributed by atoms with Crippen molar-refractivity contribution in [1.29, 1.82) is 0 Å². The summed E-state index contributed by atoms with van der Waals surface area (Å²) in [5.41, 5.74) is 8.04. The maximum atomic E-state index is 12.1. The van der Waals surface area contributed by atoms with Crippen molar-refractivity contribution in [3.63, 3.8) is 0 Å². The Kier molecular flexibility index (Phi) is 3.56. The molecule has 1 aliphatic heterocycles. The number of aromatic nitrogens is 2. The predicted molar refractivity (Wildman–Crippen MR) is 67.9 cm³/mol. The van der Waals surface area contributed by atoms with E-state index in [2.05, 4.69) is 5.10 Å². The number of nitrogens with two attached hydrogens (primary N) is 1. The van der Waals surface area contributed by atoms with Gasteiger partial charge in [0.1, 0.15) is 6.54 Å². The first kappa shape index (κ1) is 12.9. The van der Waals surface area contributed by atoms with E-state index in [9.17, 15) is 9.90 Å². The quantitative estimate of drug-likeness (QED) is 0.780. The molecule has 6 nitrogen and oxygen atoms in total. The number of β-amino-alcohol motifs (C(OH)–C–C–N with tert-alkyl or cyclic N) is 1. The van der Waals surface area contributed by atoms with Crippen molar-refractivity contribution in [2.45, 2.75) is 39.3 Å². The Morgan fingerprint density at radius 2 is 2.28 bits per heavy atom. The van der Waals surface area contributed by atoms with Gasteiger partial charge in [0.25, 0.3) is 0 Å². The molecular weight excluding hydrogens is 232 g/mol. The number of aliphatic hydroxyl groups excluding tert-OH is 1. The largest absolute Gasteiger partial charge is 0.396 e. The first-order valence-electron chi connectivity index (χ1n) is 6.24. The summed E-state index contributed by atoms with van der Waals surface area (Å²) < 4.78 is 1.63. The average Bonchev–Trinajstić information content (AvgIpc) is 2.57. The van der Waals surface area contributed by atoms with Crippen LogP contribution in [0.25, 0.3) is 0 Å².